The van der Waals surface area contributed by atoms with Crippen LogP contribution < -0.4 is 5.32 Å². The second kappa shape index (κ2) is 6.83. The van der Waals surface area contributed by atoms with Crippen LogP contribution in [0.3, 0.4) is 0 Å². The molecule has 128 valence electrons. The summed E-state index contributed by atoms with van der Waals surface area (Å²) in [5.74, 6) is 0.687. The zero-order valence-corrected chi connectivity index (χ0v) is 15.6. The van der Waals surface area contributed by atoms with E-state index in [2.05, 4.69) is 27.4 Å². The molecule has 2 aromatic heterocycles. The first kappa shape index (κ1) is 16.6. The van der Waals surface area contributed by atoms with Crippen molar-refractivity contribution in [3.05, 3.63) is 63.2 Å². The number of aromatic nitrogens is 3. The van der Waals surface area contributed by atoms with Gasteiger partial charge in [0.05, 0.1) is 10.7 Å². The van der Waals surface area contributed by atoms with Crippen molar-refractivity contribution in [2.75, 3.05) is 13.1 Å². The molecule has 0 saturated carbocycles. The highest BCUT2D eigenvalue weighted by molar-refractivity contribution is 7.09. The van der Waals surface area contributed by atoms with Crippen LogP contribution >= 0.6 is 22.9 Å². The van der Waals surface area contributed by atoms with Gasteiger partial charge in [0, 0.05) is 22.0 Å². The fourth-order valence-electron chi connectivity index (χ4n) is 3.58. The maximum absolute atomic E-state index is 6.58. The van der Waals surface area contributed by atoms with Gasteiger partial charge < -0.3 is 5.32 Å². The van der Waals surface area contributed by atoms with E-state index in [-0.39, 0.29) is 5.41 Å². The lowest BCUT2D eigenvalue weighted by Gasteiger charge is -2.38. The van der Waals surface area contributed by atoms with E-state index >= 15 is 0 Å². The van der Waals surface area contributed by atoms with Crippen molar-refractivity contribution in [2.24, 2.45) is 0 Å². The minimum absolute atomic E-state index is 0.188. The predicted molar refractivity (Wildman–Crippen MR) is 102 cm³/mol. The topological polar surface area (TPSA) is 50.7 Å². The van der Waals surface area contributed by atoms with Crippen LogP contribution in [0.1, 0.15) is 29.1 Å². The van der Waals surface area contributed by atoms with Gasteiger partial charge in [0.2, 0.25) is 0 Å². The molecule has 0 unspecified atom stereocenters. The minimum Gasteiger partial charge on any atom is -0.317 e. The van der Waals surface area contributed by atoms with Crippen molar-refractivity contribution >= 4 is 22.9 Å². The van der Waals surface area contributed by atoms with Gasteiger partial charge in [-0.05, 0) is 50.6 Å². The summed E-state index contributed by atoms with van der Waals surface area (Å²) in [5, 5.41) is 7.28. The molecule has 1 aliphatic heterocycles. The van der Waals surface area contributed by atoms with E-state index in [0.29, 0.717) is 5.82 Å². The van der Waals surface area contributed by atoms with Gasteiger partial charge in [-0.2, -0.15) is 0 Å². The van der Waals surface area contributed by atoms with Crippen molar-refractivity contribution in [3.8, 4) is 11.5 Å². The number of rotatable bonds is 3. The Kier molecular flexibility index (Phi) is 4.54. The number of piperidine rings is 1. The number of aryl methyl sites for hydroxylation is 1. The number of benzene rings is 1. The van der Waals surface area contributed by atoms with Crippen LogP contribution in [0.2, 0.25) is 5.02 Å². The SMILES string of the molecule is Cc1nc(-c2nccc(C3(c4ccccc4Cl)CCNCC3)n2)cs1. The van der Waals surface area contributed by atoms with Gasteiger partial charge in [-0.1, -0.05) is 29.8 Å². The third-order valence-corrected chi connectivity index (χ3v) is 5.94. The fourth-order valence-corrected chi connectivity index (χ4v) is 4.49. The molecular weight excluding hydrogens is 352 g/mol. The molecule has 3 aromatic rings. The smallest absolute Gasteiger partial charge is 0.179 e. The van der Waals surface area contributed by atoms with Crippen LogP contribution in [-0.4, -0.2) is 28.0 Å². The molecule has 1 N–H and O–H groups in total. The Balaban J connectivity index is 1.85. The molecule has 1 fully saturated rings. The molecule has 6 heteroatoms. The van der Waals surface area contributed by atoms with Gasteiger partial charge in [-0.3, -0.25) is 0 Å². The largest absolute Gasteiger partial charge is 0.317 e. The third kappa shape index (κ3) is 3.08. The van der Waals surface area contributed by atoms with Crippen LogP contribution in [0.5, 0.6) is 0 Å². The van der Waals surface area contributed by atoms with Crippen molar-refractivity contribution < 1.29 is 0 Å². The number of thiazole rings is 1. The molecule has 0 amide bonds. The van der Waals surface area contributed by atoms with Gasteiger partial charge in [-0.15, -0.1) is 11.3 Å². The molecule has 0 aliphatic carbocycles. The van der Waals surface area contributed by atoms with Gasteiger partial charge in [-0.25, -0.2) is 15.0 Å². The summed E-state index contributed by atoms with van der Waals surface area (Å²) in [5.41, 5.74) is 2.83. The molecular formula is C19H19ClN4S. The lowest BCUT2D eigenvalue weighted by molar-refractivity contribution is 0.354. The van der Waals surface area contributed by atoms with E-state index < -0.39 is 0 Å². The zero-order chi connectivity index (χ0) is 17.3. The first-order chi connectivity index (χ1) is 12.2. The standard InChI is InChI=1S/C19H19ClN4S/c1-13-23-16(12-25-13)18-22-9-6-17(24-18)19(7-10-21-11-8-19)14-4-2-3-5-15(14)20/h2-6,9,12,21H,7-8,10-11H2,1H3. The lowest BCUT2D eigenvalue weighted by Crippen LogP contribution is -2.41. The molecule has 1 saturated heterocycles. The Morgan fingerprint density at radius 1 is 1.12 bits per heavy atom. The first-order valence-electron chi connectivity index (χ1n) is 8.41. The van der Waals surface area contributed by atoms with Crippen LogP contribution in [0.15, 0.2) is 41.9 Å². The fraction of sp³-hybridized carbons (Fsp3) is 0.316. The number of nitrogens with one attached hydrogen (secondary N) is 1. The minimum atomic E-state index is -0.188. The highest BCUT2D eigenvalue weighted by atomic mass is 35.5. The van der Waals surface area contributed by atoms with Gasteiger partial charge in [0.15, 0.2) is 5.82 Å². The Bertz CT molecular complexity index is 886. The first-order valence-corrected chi connectivity index (χ1v) is 9.66. The summed E-state index contributed by atoms with van der Waals surface area (Å²) in [6.45, 7) is 3.89. The maximum Gasteiger partial charge on any atom is 0.179 e. The number of halogens is 1. The number of nitrogens with zero attached hydrogens (tertiary/aromatic N) is 3. The molecule has 0 atom stereocenters. The average Bonchev–Trinajstić information content (AvgIpc) is 3.09. The van der Waals surface area contributed by atoms with Crippen molar-refractivity contribution in [2.45, 2.75) is 25.2 Å². The molecule has 1 aromatic carbocycles. The summed E-state index contributed by atoms with van der Waals surface area (Å²) in [7, 11) is 0. The van der Waals surface area contributed by atoms with Crippen molar-refractivity contribution in [1.82, 2.24) is 20.3 Å². The Morgan fingerprint density at radius 3 is 2.64 bits per heavy atom. The quantitative estimate of drug-likeness (QED) is 0.749. The molecule has 0 radical (unpaired) electrons. The van der Waals surface area contributed by atoms with Crippen LogP contribution in [-0.2, 0) is 5.41 Å². The van der Waals surface area contributed by atoms with Crippen LogP contribution in [0.25, 0.3) is 11.5 Å². The second-order valence-electron chi connectivity index (χ2n) is 6.33. The number of hydrogen-bond acceptors (Lipinski definition) is 5. The van der Waals surface area contributed by atoms with E-state index in [0.717, 1.165) is 52.9 Å². The predicted octanol–water partition coefficient (Wildman–Crippen LogP) is 4.23. The maximum atomic E-state index is 6.58. The Hall–Kier alpha value is -1.82. The highest BCUT2D eigenvalue weighted by Gasteiger charge is 2.38. The summed E-state index contributed by atoms with van der Waals surface area (Å²) in [6, 6.07) is 10.1. The third-order valence-electron chi connectivity index (χ3n) is 4.84. The molecule has 1 aliphatic rings. The molecule has 25 heavy (non-hydrogen) atoms. The van der Waals surface area contributed by atoms with E-state index in [1.165, 1.54) is 0 Å². The molecule has 4 rings (SSSR count). The highest BCUT2D eigenvalue weighted by Crippen LogP contribution is 2.42. The Labute approximate surface area is 156 Å². The van der Waals surface area contributed by atoms with E-state index in [1.54, 1.807) is 11.3 Å². The summed E-state index contributed by atoms with van der Waals surface area (Å²) in [4.78, 5) is 13.9. The van der Waals surface area contributed by atoms with Crippen molar-refractivity contribution in [1.29, 1.82) is 0 Å². The van der Waals surface area contributed by atoms with Crippen molar-refractivity contribution in [3.63, 3.8) is 0 Å². The van der Waals surface area contributed by atoms with E-state index in [1.807, 2.05) is 36.7 Å². The zero-order valence-electron chi connectivity index (χ0n) is 14.0. The van der Waals surface area contributed by atoms with Crippen LogP contribution in [0.4, 0.5) is 0 Å². The molecule has 0 bridgehead atoms. The Morgan fingerprint density at radius 2 is 1.92 bits per heavy atom. The number of hydrogen-bond donors (Lipinski definition) is 1. The van der Waals surface area contributed by atoms with E-state index in [9.17, 15) is 0 Å². The molecule has 4 nitrogen and oxygen atoms in total. The lowest BCUT2D eigenvalue weighted by atomic mass is 9.70. The second-order valence-corrected chi connectivity index (χ2v) is 7.80. The van der Waals surface area contributed by atoms with Gasteiger partial charge in [0.1, 0.15) is 5.69 Å². The van der Waals surface area contributed by atoms with Gasteiger partial charge >= 0.3 is 0 Å². The monoisotopic (exact) mass is 370 g/mol. The summed E-state index contributed by atoms with van der Waals surface area (Å²) in [6.07, 6.45) is 3.76. The molecule has 3 heterocycles. The van der Waals surface area contributed by atoms with Gasteiger partial charge in [0.25, 0.3) is 0 Å². The van der Waals surface area contributed by atoms with E-state index in [4.69, 9.17) is 16.6 Å². The van der Waals surface area contributed by atoms with Crippen LogP contribution in [0, 0.1) is 6.92 Å². The summed E-state index contributed by atoms with van der Waals surface area (Å²) >= 11 is 8.20. The molecule has 0 spiro atoms. The normalized spacial score (nSPS) is 16.7. The summed E-state index contributed by atoms with van der Waals surface area (Å²) < 4.78 is 0. The average molecular weight is 371 g/mol.